The number of sulfonamides is 1. The molecule has 2 aromatic carbocycles. The monoisotopic (exact) mass is 376 g/mol. The van der Waals surface area contributed by atoms with Crippen molar-refractivity contribution in [3.05, 3.63) is 65.5 Å². The Morgan fingerprint density at radius 2 is 1.50 bits per heavy atom. The maximum absolute atomic E-state index is 13.0. The lowest BCUT2D eigenvalue weighted by molar-refractivity contribution is 0.181. The molecule has 1 aliphatic rings. The van der Waals surface area contributed by atoms with Crippen molar-refractivity contribution in [1.82, 2.24) is 9.21 Å². The van der Waals surface area contributed by atoms with Crippen molar-refractivity contribution in [3.63, 3.8) is 0 Å². The van der Waals surface area contributed by atoms with Crippen LogP contribution in [0.1, 0.15) is 30.9 Å². The molecule has 1 aliphatic heterocycles. The fourth-order valence-corrected chi connectivity index (χ4v) is 4.57. The third-order valence-corrected chi connectivity index (χ3v) is 6.75. The highest BCUT2D eigenvalue weighted by molar-refractivity contribution is 7.89. The molecule has 0 saturated carbocycles. The Hall–Kier alpha value is -1.76. The van der Waals surface area contributed by atoms with Crippen molar-refractivity contribution >= 4 is 10.0 Å². The van der Waals surface area contributed by atoms with Gasteiger partial charge in [0.05, 0.1) is 4.90 Å². The van der Waals surface area contributed by atoms with E-state index in [0.29, 0.717) is 32.1 Å². The van der Waals surface area contributed by atoms with Gasteiger partial charge < -0.3 is 0 Å². The lowest BCUT2D eigenvalue weighted by Gasteiger charge is -2.34. The van der Waals surface area contributed by atoms with Crippen molar-refractivity contribution in [2.45, 2.75) is 31.2 Å². The molecule has 1 saturated heterocycles. The zero-order valence-corrected chi connectivity index (χ0v) is 16.0. The summed E-state index contributed by atoms with van der Waals surface area (Å²) in [4.78, 5) is 2.41. The average Bonchev–Trinajstić information content (AvgIpc) is 2.63. The molecule has 0 amide bonds. The van der Waals surface area contributed by atoms with Crippen molar-refractivity contribution in [1.29, 1.82) is 0 Å². The van der Waals surface area contributed by atoms with Gasteiger partial charge in [-0.15, -0.1) is 0 Å². The van der Waals surface area contributed by atoms with Gasteiger partial charge in [-0.25, -0.2) is 12.8 Å². The maximum atomic E-state index is 13.0. The van der Waals surface area contributed by atoms with Crippen LogP contribution in [-0.4, -0.2) is 43.8 Å². The van der Waals surface area contributed by atoms with E-state index < -0.39 is 15.8 Å². The molecule has 1 fully saturated rings. The second kappa shape index (κ2) is 7.86. The molecular formula is C20H25FN2O2S. The van der Waals surface area contributed by atoms with Crippen LogP contribution in [-0.2, 0) is 16.6 Å². The molecule has 0 unspecified atom stereocenters. The molecule has 26 heavy (non-hydrogen) atoms. The van der Waals surface area contributed by atoms with E-state index in [1.54, 1.807) is 0 Å². The molecule has 0 atom stereocenters. The Kier molecular flexibility index (Phi) is 5.75. The number of rotatable bonds is 5. The Morgan fingerprint density at radius 1 is 0.923 bits per heavy atom. The smallest absolute Gasteiger partial charge is 0.243 e. The first kappa shape index (κ1) is 19.0. The highest BCUT2D eigenvalue weighted by atomic mass is 32.2. The molecule has 140 valence electrons. The Morgan fingerprint density at radius 3 is 2.04 bits per heavy atom. The number of benzene rings is 2. The van der Waals surface area contributed by atoms with Crippen LogP contribution >= 0.6 is 0 Å². The number of piperazine rings is 1. The van der Waals surface area contributed by atoms with Gasteiger partial charge in [0.2, 0.25) is 10.0 Å². The minimum atomic E-state index is -3.55. The predicted molar refractivity (Wildman–Crippen MR) is 101 cm³/mol. The third kappa shape index (κ3) is 4.31. The molecule has 0 aliphatic carbocycles. The molecule has 0 bridgehead atoms. The number of nitrogens with zero attached hydrogens (tertiary/aromatic N) is 2. The molecular weight excluding hydrogens is 351 g/mol. The van der Waals surface area contributed by atoms with E-state index in [4.69, 9.17) is 0 Å². The van der Waals surface area contributed by atoms with Gasteiger partial charge in [-0.3, -0.25) is 4.90 Å². The van der Waals surface area contributed by atoms with Crippen molar-refractivity contribution < 1.29 is 12.8 Å². The van der Waals surface area contributed by atoms with Gasteiger partial charge in [-0.2, -0.15) is 4.31 Å². The van der Waals surface area contributed by atoms with Crippen LogP contribution in [0.4, 0.5) is 4.39 Å². The van der Waals surface area contributed by atoms with E-state index in [1.807, 2.05) is 0 Å². The van der Waals surface area contributed by atoms with Crippen LogP contribution in [0.15, 0.2) is 53.4 Å². The average molecular weight is 376 g/mol. The number of hydrogen-bond acceptors (Lipinski definition) is 3. The van der Waals surface area contributed by atoms with Gasteiger partial charge in [0.1, 0.15) is 5.82 Å². The predicted octanol–water partition coefficient (Wildman–Crippen LogP) is 3.46. The molecule has 1 heterocycles. The Bertz CT molecular complexity index is 825. The quantitative estimate of drug-likeness (QED) is 0.802. The van der Waals surface area contributed by atoms with Crippen LogP contribution < -0.4 is 0 Å². The first-order valence-electron chi connectivity index (χ1n) is 8.93. The van der Waals surface area contributed by atoms with Gasteiger partial charge in [-0.05, 0) is 41.3 Å². The van der Waals surface area contributed by atoms with E-state index in [1.165, 1.54) is 39.7 Å². The summed E-state index contributed by atoms with van der Waals surface area (Å²) in [6.07, 6.45) is 0. The lowest BCUT2D eigenvalue weighted by Crippen LogP contribution is -2.48. The summed E-state index contributed by atoms with van der Waals surface area (Å²) in [6.45, 7) is 7.45. The van der Waals surface area contributed by atoms with Gasteiger partial charge in [-0.1, -0.05) is 38.1 Å². The van der Waals surface area contributed by atoms with Gasteiger partial charge in [0.25, 0.3) is 0 Å². The van der Waals surface area contributed by atoms with Crippen LogP contribution in [0, 0.1) is 5.82 Å². The fraction of sp³-hybridized carbons (Fsp3) is 0.400. The summed E-state index contributed by atoms with van der Waals surface area (Å²) < 4.78 is 39.8. The molecule has 0 spiro atoms. The molecule has 3 rings (SSSR count). The van der Waals surface area contributed by atoms with E-state index in [0.717, 1.165) is 6.54 Å². The second-order valence-electron chi connectivity index (χ2n) is 7.03. The maximum Gasteiger partial charge on any atom is 0.243 e. The highest BCUT2D eigenvalue weighted by Crippen LogP contribution is 2.20. The van der Waals surface area contributed by atoms with Gasteiger partial charge >= 0.3 is 0 Å². The zero-order chi connectivity index (χ0) is 18.7. The van der Waals surface area contributed by atoms with Crippen LogP contribution in [0.25, 0.3) is 0 Å². The number of halogens is 1. The normalized spacial score (nSPS) is 16.9. The lowest BCUT2D eigenvalue weighted by atomic mass is 10.0. The summed E-state index contributed by atoms with van der Waals surface area (Å²) in [5, 5.41) is 0. The van der Waals surface area contributed by atoms with Crippen molar-refractivity contribution in [2.24, 2.45) is 0 Å². The van der Waals surface area contributed by atoms with E-state index >= 15 is 0 Å². The minimum absolute atomic E-state index is 0.150. The molecule has 2 aromatic rings. The van der Waals surface area contributed by atoms with Gasteiger partial charge in [0, 0.05) is 32.7 Å². The Balaban J connectivity index is 1.59. The summed E-state index contributed by atoms with van der Waals surface area (Å²) in [7, 11) is -3.55. The first-order chi connectivity index (χ1) is 12.4. The minimum Gasteiger partial charge on any atom is -0.296 e. The van der Waals surface area contributed by atoms with Gasteiger partial charge in [0.15, 0.2) is 0 Å². The van der Waals surface area contributed by atoms with Crippen molar-refractivity contribution in [2.75, 3.05) is 26.2 Å². The standard InChI is InChI=1S/C20H25FN2O2S/c1-16(2)18-5-3-17(4-6-18)15-22-11-13-23(14-12-22)26(24,25)20-9-7-19(21)8-10-20/h3-10,16H,11-15H2,1-2H3. The topological polar surface area (TPSA) is 40.6 Å². The third-order valence-electron chi connectivity index (χ3n) is 4.84. The first-order valence-corrected chi connectivity index (χ1v) is 10.4. The molecule has 6 heteroatoms. The number of hydrogen-bond donors (Lipinski definition) is 0. The molecule has 0 N–H and O–H groups in total. The van der Waals surface area contributed by atoms with Crippen molar-refractivity contribution in [3.8, 4) is 0 Å². The van der Waals surface area contributed by atoms with E-state index in [-0.39, 0.29) is 4.90 Å². The molecule has 0 radical (unpaired) electrons. The summed E-state index contributed by atoms with van der Waals surface area (Å²) in [5.74, 6) is 0.0847. The molecule has 4 nitrogen and oxygen atoms in total. The summed E-state index contributed by atoms with van der Waals surface area (Å²) in [6, 6.07) is 13.6. The molecule has 0 aromatic heterocycles. The second-order valence-corrected chi connectivity index (χ2v) is 8.97. The highest BCUT2D eigenvalue weighted by Gasteiger charge is 2.28. The Labute approximate surface area is 155 Å². The zero-order valence-electron chi connectivity index (χ0n) is 15.2. The van der Waals surface area contributed by atoms with E-state index in [2.05, 4.69) is 43.0 Å². The van der Waals surface area contributed by atoms with E-state index in [9.17, 15) is 12.8 Å². The fourth-order valence-electron chi connectivity index (χ4n) is 3.15. The largest absolute Gasteiger partial charge is 0.296 e. The van der Waals surface area contributed by atoms with Crippen LogP contribution in [0.2, 0.25) is 0 Å². The van der Waals surface area contributed by atoms with Crippen LogP contribution in [0.3, 0.4) is 0 Å². The summed E-state index contributed by atoms with van der Waals surface area (Å²) >= 11 is 0. The summed E-state index contributed by atoms with van der Waals surface area (Å²) in [5.41, 5.74) is 2.56. The van der Waals surface area contributed by atoms with Crippen LogP contribution in [0.5, 0.6) is 0 Å². The SMILES string of the molecule is CC(C)c1ccc(CN2CCN(S(=O)(=O)c3ccc(F)cc3)CC2)cc1.